The highest BCUT2D eigenvalue weighted by atomic mass is 16.5. The van der Waals surface area contributed by atoms with Crippen molar-refractivity contribution < 1.29 is 4.74 Å². The minimum atomic E-state index is 0.385. The van der Waals surface area contributed by atoms with Gasteiger partial charge in [-0.25, -0.2) is 0 Å². The molecule has 19 heavy (non-hydrogen) atoms. The molecule has 3 heteroatoms. The van der Waals surface area contributed by atoms with Crippen molar-refractivity contribution in [1.29, 1.82) is 0 Å². The smallest absolute Gasteiger partial charge is 0.0826 e. The summed E-state index contributed by atoms with van der Waals surface area (Å²) < 4.78 is 5.91. The van der Waals surface area contributed by atoms with E-state index >= 15 is 0 Å². The molecule has 1 saturated heterocycles. The van der Waals surface area contributed by atoms with Gasteiger partial charge in [0.15, 0.2) is 0 Å². The van der Waals surface area contributed by atoms with Crippen molar-refractivity contribution in [2.45, 2.75) is 71.1 Å². The third-order valence-corrected chi connectivity index (χ3v) is 4.94. The summed E-state index contributed by atoms with van der Waals surface area (Å²) in [5.41, 5.74) is 0. The zero-order valence-electron chi connectivity index (χ0n) is 13.0. The van der Waals surface area contributed by atoms with Crippen molar-refractivity contribution in [3.8, 4) is 0 Å². The first-order valence-corrected chi connectivity index (χ1v) is 8.29. The lowest BCUT2D eigenvalue weighted by atomic mass is 9.83. The predicted molar refractivity (Wildman–Crippen MR) is 80.5 cm³/mol. The maximum atomic E-state index is 5.91. The molecular weight excluding hydrogens is 236 g/mol. The Labute approximate surface area is 119 Å². The standard InChI is InChI=1S/C16H32N2O/c1-4-14-7-5-6-8-16(14)17-11-15-12-18(13(2)3)9-10-19-15/h13-17H,4-12H2,1-3H3. The van der Waals surface area contributed by atoms with Crippen LogP contribution in [0.1, 0.15) is 52.9 Å². The summed E-state index contributed by atoms with van der Waals surface area (Å²) in [7, 11) is 0. The lowest BCUT2D eigenvalue weighted by Gasteiger charge is -2.37. The van der Waals surface area contributed by atoms with Gasteiger partial charge in [0.05, 0.1) is 12.7 Å². The summed E-state index contributed by atoms with van der Waals surface area (Å²) in [6, 6.07) is 1.38. The van der Waals surface area contributed by atoms with Gasteiger partial charge in [-0.3, -0.25) is 4.90 Å². The minimum Gasteiger partial charge on any atom is -0.374 e. The van der Waals surface area contributed by atoms with E-state index in [1.54, 1.807) is 0 Å². The average Bonchev–Trinajstić information content (AvgIpc) is 2.45. The first-order valence-electron chi connectivity index (χ1n) is 8.29. The summed E-state index contributed by atoms with van der Waals surface area (Å²) in [4.78, 5) is 2.54. The summed E-state index contributed by atoms with van der Waals surface area (Å²) >= 11 is 0. The molecular formula is C16H32N2O. The van der Waals surface area contributed by atoms with Gasteiger partial charge in [0, 0.05) is 31.7 Å². The van der Waals surface area contributed by atoms with Crippen molar-refractivity contribution in [2.24, 2.45) is 5.92 Å². The van der Waals surface area contributed by atoms with Crippen molar-refractivity contribution in [1.82, 2.24) is 10.2 Å². The molecule has 0 aromatic rings. The van der Waals surface area contributed by atoms with E-state index in [9.17, 15) is 0 Å². The summed E-state index contributed by atoms with van der Waals surface area (Å²) in [5.74, 6) is 0.888. The van der Waals surface area contributed by atoms with Crippen molar-refractivity contribution in [3.05, 3.63) is 0 Å². The lowest BCUT2D eigenvalue weighted by molar-refractivity contribution is -0.0393. The Morgan fingerprint density at radius 3 is 2.79 bits per heavy atom. The van der Waals surface area contributed by atoms with Gasteiger partial charge in [0.25, 0.3) is 0 Å². The summed E-state index contributed by atoms with van der Waals surface area (Å²) in [6.07, 6.45) is 7.31. The highest BCUT2D eigenvalue weighted by Crippen LogP contribution is 2.26. The molecule has 3 atom stereocenters. The Hall–Kier alpha value is -0.120. The normalized spacial score (nSPS) is 33.8. The van der Waals surface area contributed by atoms with Crippen molar-refractivity contribution in [3.63, 3.8) is 0 Å². The predicted octanol–water partition coefficient (Wildman–Crippen LogP) is 2.65. The Kier molecular flexibility index (Phi) is 6.11. The molecule has 3 unspecified atom stereocenters. The largest absolute Gasteiger partial charge is 0.374 e. The third kappa shape index (κ3) is 4.44. The number of hydrogen-bond donors (Lipinski definition) is 1. The van der Waals surface area contributed by atoms with E-state index in [1.165, 1.54) is 32.1 Å². The van der Waals surface area contributed by atoms with Gasteiger partial charge in [-0.05, 0) is 32.6 Å². The molecule has 0 amide bonds. The Bertz CT molecular complexity index is 257. The fraction of sp³-hybridized carbons (Fsp3) is 1.00. The van der Waals surface area contributed by atoms with E-state index in [-0.39, 0.29) is 0 Å². The van der Waals surface area contributed by atoms with E-state index in [2.05, 4.69) is 31.0 Å². The van der Waals surface area contributed by atoms with Gasteiger partial charge in [-0.1, -0.05) is 26.2 Å². The van der Waals surface area contributed by atoms with Crippen LogP contribution < -0.4 is 5.32 Å². The molecule has 0 aromatic heterocycles. The van der Waals surface area contributed by atoms with E-state index in [0.29, 0.717) is 12.1 Å². The van der Waals surface area contributed by atoms with Gasteiger partial charge in [-0.2, -0.15) is 0 Å². The van der Waals surface area contributed by atoms with Gasteiger partial charge >= 0.3 is 0 Å². The average molecular weight is 268 g/mol. The second kappa shape index (κ2) is 7.61. The number of hydrogen-bond acceptors (Lipinski definition) is 3. The second-order valence-electron chi connectivity index (χ2n) is 6.55. The molecule has 1 aliphatic heterocycles. The first-order chi connectivity index (χ1) is 9.20. The third-order valence-electron chi connectivity index (χ3n) is 4.94. The number of nitrogens with one attached hydrogen (secondary N) is 1. The molecule has 0 spiro atoms. The van der Waals surface area contributed by atoms with E-state index in [4.69, 9.17) is 4.74 Å². The van der Waals surface area contributed by atoms with Crippen LogP contribution in [0.25, 0.3) is 0 Å². The Balaban J connectivity index is 1.74. The van der Waals surface area contributed by atoms with Crippen LogP contribution in [0.4, 0.5) is 0 Å². The first kappa shape index (κ1) is 15.3. The monoisotopic (exact) mass is 268 g/mol. The van der Waals surface area contributed by atoms with Crippen LogP contribution in [-0.4, -0.2) is 49.3 Å². The van der Waals surface area contributed by atoms with Crippen LogP contribution in [0.2, 0.25) is 0 Å². The van der Waals surface area contributed by atoms with Crippen LogP contribution in [0, 0.1) is 5.92 Å². The number of nitrogens with zero attached hydrogens (tertiary/aromatic N) is 1. The van der Waals surface area contributed by atoms with Gasteiger partial charge in [0.2, 0.25) is 0 Å². The number of rotatable bonds is 5. The fourth-order valence-corrected chi connectivity index (χ4v) is 3.58. The van der Waals surface area contributed by atoms with E-state index in [1.807, 2.05) is 0 Å². The van der Waals surface area contributed by atoms with Crippen LogP contribution >= 0.6 is 0 Å². The SMILES string of the molecule is CCC1CCCCC1NCC1CN(C(C)C)CCO1. The van der Waals surface area contributed by atoms with Gasteiger partial charge in [-0.15, -0.1) is 0 Å². The lowest BCUT2D eigenvalue weighted by Crippen LogP contribution is -2.51. The molecule has 0 bridgehead atoms. The second-order valence-corrected chi connectivity index (χ2v) is 6.55. The maximum Gasteiger partial charge on any atom is 0.0826 e. The molecule has 2 fully saturated rings. The molecule has 0 radical (unpaired) electrons. The topological polar surface area (TPSA) is 24.5 Å². The van der Waals surface area contributed by atoms with Crippen LogP contribution in [0.15, 0.2) is 0 Å². The van der Waals surface area contributed by atoms with Gasteiger partial charge in [0.1, 0.15) is 0 Å². The highest BCUT2D eigenvalue weighted by molar-refractivity contribution is 4.83. The quantitative estimate of drug-likeness (QED) is 0.829. The van der Waals surface area contributed by atoms with Crippen LogP contribution in [-0.2, 0) is 4.74 Å². The Morgan fingerprint density at radius 1 is 1.26 bits per heavy atom. The van der Waals surface area contributed by atoms with Crippen molar-refractivity contribution >= 4 is 0 Å². The number of ether oxygens (including phenoxy) is 1. The number of morpholine rings is 1. The van der Waals surface area contributed by atoms with Crippen molar-refractivity contribution in [2.75, 3.05) is 26.2 Å². The van der Waals surface area contributed by atoms with Crippen LogP contribution in [0.3, 0.4) is 0 Å². The minimum absolute atomic E-state index is 0.385. The Morgan fingerprint density at radius 2 is 2.05 bits per heavy atom. The molecule has 2 rings (SSSR count). The summed E-state index contributed by atoms with van der Waals surface area (Å²) in [6.45, 7) is 11.0. The molecule has 1 saturated carbocycles. The maximum absolute atomic E-state index is 5.91. The molecule has 1 N–H and O–H groups in total. The highest BCUT2D eigenvalue weighted by Gasteiger charge is 2.26. The molecule has 2 aliphatic rings. The molecule has 0 aromatic carbocycles. The van der Waals surface area contributed by atoms with Crippen LogP contribution in [0.5, 0.6) is 0 Å². The zero-order valence-corrected chi connectivity index (χ0v) is 13.0. The molecule has 112 valence electrons. The van der Waals surface area contributed by atoms with E-state index < -0.39 is 0 Å². The van der Waals surface area contributed by atoms with E-state index in [0.717, 1.165) is 38.2 Å². The molecule has 1 aliphatic carbocycles. The fourth-order valence-electron chi connectivity index (χ4n) is 3.58. The summed E-state index contributed by atoms with van der Waals surface area (Å²) in [5, 5.41) is 3.80. The molecule has 3 nitrogen and oxygen atoms in total. The zero-order chi connectivity index (χ0) is 13.7. The van der Waals surface area contributed by atoms with Gasteiger partial charge < -0.3 is 10.1 Å². The molecule has 1 heterocycles.